The van der Waals surface area contributed by atoms with E-state index in [1.165, 1.54) is 18.4 Å². The summed E-state index contributed by atoms with van der Waals surface area (Å²) >= 11 is 0. The average molecular weight is 322 g/mol. The van der Waals surface area contributed by atoms with Crippen molar-refractivity contribution in [3.05, 3.63) is 35.9 Å². The first-order valence-electron chi connectivity index (χ1n) is 8.09. The highest BCUT2D eigenvalue weighted by Gasteiger charge is 2.45. The third-order valence-corrected chi connectivity index (χ3v) is 5.26. The topological polar surface area (TPSA) is 49.6 Å². The van der Waals surface area contributed by atoms with Gasteiger partial charge in [-0.1, -0.05) is 30.3 Å². The molecule has 22 heavy (non-hydrogen) atoms. The SMILES string of the molecule is Cl.N[C@@H]1CN(C2CCN(C3CC3)C2=O)C[C@H]1c1ccccc1. The summed E-state index contributed by atoms with van der Waals surface area (Å²) in [4.78, 5) is 17.0. The first kappa shape index (κ1) is 15.8. The van der Waals surface area contributed by atoms with Gasteiger partial charge in [-0.05, 0) is 24.8 Å². The highest BCUT2D eigenvalue weighted by molar-refractivity contribution is 5.85. The number of nitrogens with zero attached hydrogens (tertiary/aromatic N) is 2. The quantitative estimate of drug-likeness (QED) is 0.920. The van der Waals surface area contributed by atoms with Crippen LogP contribution in [0.15, 0.2) is 30.3 Å². The molecule has 4 nitrogen and oxygen atoms in total. The van der Waals surface area contributed by atoms with Crippen molar-refractivity contribution in [3.63, 3.8) is 0 Å². The normalized spacial score (nSPS) is 32.3. The number of likely N-dealkylation sites (tertiary alicyclic amines) is 2. The van der Waals surface area contributed by atoms with E-state index in [9.17, 15) is 4.79 Å². The summed E-state index contributed by atoms with van der Waals surface area (Å²) in [5.74, 6) is 0.701. The second-order valence-corrected chi connectivity index (χ2v) is 6.70. The lowest BCUT2D eigenvalue weighted by atomic mass is 9.95. The van der Waals surface area contributed by atoms with E-state index in [2.05, 4.69) is 34.1 Å². The van der Waals surface area contributed by atoms with E-state index in [1.807, 2.05) is 6.07 Å². The van der Waals surface area contributed by atoms with Crippen LogP contribution in [0.1, 0.15) is 30.7 Å². The fourth-order valence-electron chi connectivity index (χ4n) is 3.94. The largest absolute Gasteiger partial charge is 0.338 e. The molecule has 2 heterocycles. The Hall–Kier alpha value is -1.10. The monoisotopic (exact) mass is 321 g/mol. The van der Waals surface area contributed by atoms with E-state index >= 15 is 0 Å². The van der Waals surface area contributed by atoms with Crippen LogP contribution in [-0.4, -0.2) is 53.5 Å². The van der Waals surface area contributed by atoms with Gasteiger partial charge in [0.15, 0.2) is 0 Å². The van der Waals surface area contributed by atoms with Crippen LogP contribution in [0.3, 0.4) is 0 Å². The molecule has 1 aromatic carbocycles. The molecular formula is C17H24ClN3O. The molecule has 1 amide bonds. The molecule has 0 spiro atoms. The minimum atomic E-state index is 0. The summed E-state index contributed by atoms with van der Waals surface area (Å²) in [7, 11) is 0. The summed E-state index contributed by atoms with van der Waals surface area (Å²) in [6, 6.07) is 11.2. The van der Waals surface area contributed by atoms with Crippen LogP contribution in [0.2, 0.25) is 0 Å². The summed E-state index contributed by atoms with van der Waals surface area (Å²) in [5.41, 5.74) is 7.66. The van der Waals surface area contributed by atoms with Crippen LogP contribution in [0.4, 0.5) is 0 Å². The predicted molar refractivity (Wildman–Crippen MR) is 89.1 cm³/mol. The number of halogens is 1. The number of hydrogen-bond donors (Lipinski definition) is 1. The molecule has 1 saturated carbocycles. The Balaban J connectivity index is 0.00000144. The summed E-state index contributed by atoms with van der Waals surface area (Å²) in [6.45, 7) is 2.70. The Bertz CT molecular complexity index is 534. The first-order valence-corrected chi connectivity index (χ1v) is 8.09. The standard InChI is InChI=1S/C17H23N3O.ClH/c18-15-11-19(10-14(15)12-4-2-1-3-5-12)16-8-9-20(17(16)21)13-6-7-13;/h1-5,13-16H,6-11,18H2;1H/t14-,15+,16?;/m0./s1. The second-order valence-electron chi connectivity index (χ2n) is 6.70. The van der Waals surface area contributed by atoms with Crippen molar-refractivity contribution in [1.29, 1.82) is 0 Å². The molecule has 5 heteroatoms. The molecule has 0 radical (unpaired) electrons. The van der Waals surface area contributed by atoms with Crippen molar-refractivity contribution in [2.24, 2.45) is 5.73 Å². The maximum Gasteiger partial charge on any atom is 0.240 e. The van der Waals surface area contributed by atoms with E-state index < -0.39 is 0 Å². The maximum absolute atomic E-state index is 12.6. The van der Waals surface area contributed by atoms with E-state index in [4.69, 9.17) is 5.73 Å². The van der Waals surface area contributed by atoms with E-state index in [1.54, 1.807) is 0 Å². The number of benzene rings is 1. The van der Waals surface area contributed by atoms with Gasteiger partial charge in [-0.3, -0.25) is 9.69 Å². The third kappa shape index (κ3) is 2.75. The van der Waals surface area contributed by atoms with Crippen molar-refractivity contribution in [3.8, 4) is 0 Å². The molecular weight excluding hydrogens is 298 g/mol. The zero-order chi connectivity index (χ0) is 14.4. The van der Waals surface area contributed by atoms with Crippen molar-refractivity contribution in [2.75, 3.05) is 19.6 Å². The smallest absolute Gasteiger partial charge is 0.240 e. The van der Waals surface area contributed by atoms with Gasteiger partial charge in [-0.15, -0.1) is 12.4 Å². The zero-order valence-electron chi connectivity index (χ0n) is 12.7. The number of rotatable bonds is 3. The highest BCUT2D eigenvalue weighted by atomic mass is 35.5. The summed E-state index contributed by atoms with van der Waals surface area (Å²) < 4.78 is 0. The minimum Gasteiger partial charge on any atom is -0.338 e. The Morgan fingerprint density at radius 1 is 1.05 bits per heavy atom. The van der Waals surface area contributed by atoms with Crippen LogP contribution >= 0.6 is 12.4 Å². The van der Waals surface area contributed by atoms with Crippen LogP contribution in [0.25, 0.3) is 0 Å². The van der Waals surface area contributed by atoms with Gasteiger partial charge in [0.25, 0.3) is 0 Å². The molecule has 2 saturated heterocycles. The lowest BCUT2D eigenvalue weighted by Gasteiger charge is -2.23. The summed E-state index contributed by atoms with van der Waals surface area (Å²) in [5, 5.41) is 0. The second kappa shape index (κ2) is 6.19. The van der Waals surface area contributed by atoms with Crippen molar-refractivity contribution in [1.82, 2.24) is 9.80 Å². The Morgan fingerprint density at radius 3 is 2.45 bits per heavy atom. The van der Waals surface area contributed by atoms with Gasteiger partial charge in [-0.25, -0.2) is 0 Å². The van der Waals surface area contributed by atoms with Crippen LogP contribution in [0.5, 0.6) is 0 Å². The lowest BCUT2D eigenvalue weighted by molar-refractivity contribution is -0.132. The van der Waals surface area contributed by atoms with Gasteiger partial charge >= 0.3 is 0 Å². The predicted octanol–water partition coefficient (Wildman–Crippen LogP) is 1.60. The molecule has 2 aliphatic heterocycles. The molecule has 1 aliphatic carbocycles. The number of nitrogens with two attached hydrogens (primary N) is 1. The molecule has 3 fully saturated rings. The lowest BCUT2D eigenvalue weighted by Crippen LogP contribution is -2.42. The van der Waals surface area contributed by atoms with Crippen LogP contribution in [0, 0.1) is 0 Å². The van der Waals surface area contributed by atoms with Gasteiger partial charge in [0.1, 0.15) is 0 Å². The Morgan fingerprint density at radius 2 is 1.77 bits per heavy atom. The van der Waals surface area contributed by atoms with Gasteiger partial charge in [0.05, 0.1) is 6.04 Å². The Labute approximate surface area is 138 Å². The number of amides is 1. The van der Waals surface area contributed by atoms with Gasteiger partial charge in [-0.2, -0.15) is 0 Å². The number of carbonyl (C=O) groups excluding carboxylic acids is 1. The van der Waals surface area contributed by atoms with Crippen molar-refractivity contribution >= 4 is 18.3 Å². The summed E-state index contributed by atoms with van der Waals surface area (Å²) in [6.07, 6.45) is 3.37. The van der Waals surface area contributed by atoms with E-state index in [0.29, 0.717) is 17.9 Å². The molecule has 2 N–H and O–H groups in total. The molecule has 4 rings (SSSR count). The van der Waals surface area contributed by atoms with Gasteiger partial charge < -0.3 is 10.6 Å². The number of carbonyl (C=O) groups is 1. The first-order chi connectivity index (χ1) is 10.2. The molecule has 1 aromatic rings. The third-order valence-electron chi connectivity index (χ3n) is 5.26. The van der Waals surface area contributed by atoms with Crippen molar-refractivity contribution < 1.29 is 4.79 Å². The van der Waals surface area contributed by atoms with Crippen LogP contribution < -0.4 is 5.73 Å². The van der Waals surface area contributed by atoms with E-state index in [-0.39, 0.29) is 24.5 Å². The zero-order valence-corrected chi connectivity index (χ0v) is 13.5. The minimum absolute atomic E-state index is 0. The fraction of sp³-hybridized carbons (Fsp3) is 0.588. The van der Waals surface area contributed by atoms with Gasteiger partial charge in [0, 0.05) is 37.6 Å². The van der Waals surface area contributed by atoms with Crippen LogP contribution in [-0.2, 0) is 4.79 Å². The molecule has 1 unspecified atom stereocenters. The van der Waals surface area contributed by atoms with Gasteiger partial charge in [0.2, 0.25) is 5.91 Å². The van der Waals surface area contributed by atoms with E-state index in [0.717, 1.165) is 26.1 Å². The molecule has 120 valence electrons. The molecule has 0 aromatic heterocycles. The molecule has 3 atom stereocenters. The average Bonchev–Trinajstić information content (AvgIpc) is 3.17. The molecule has 3 aliphatic rings. The molecule has 0 bridgehead atoms. The Kier molecular flexibility index (Phi) is 4.44. The number of hydrogen-bond acceptors (Lipinski definition) is 3. The highest BCUT2D eigenvalue weighted by Crippen LogP contribution is 2.35. The van der Waals surface area contributed by atoms with Crippen molar-refractivity contribution in [2.45, 2.75) is 43.3 Å². The fourth-order valence-corrected chi connectivity index (χ4v) is 3.94. The maximum atomic E-state index is 12.6.